The second kappa shape index (κ2) is 16.5. The molecule has 11 heavy (non-hydrogen) atoms. The average Bonchev–Trinajstić information content (AvgIpc) is 1.83. The Bertz CT molecular complexity index is 44.1. The van der Waals surface area contributed by atoms with Crippen LogP contribution in [0, 0.1) is 5.92 Å². The lowest BCUT2D eigenvalue weighted by Crippen LogP contribution is -2.03. The molecule has 0 aromatic heterocycles. The van der Waals surface area contributed by atoms with E-state index in [1.54, 1.807) is 0 Å². The molecule has 0 aromatic carbocycles. The first-order chi connectivity index (χ1) is 3.81. The molecule has 0 fully saturated rings. The molecule has 0 bridgehead atoms. The summed E-state index contributed by atoms with van der Waals surface area (Å²) in [7, 11) is 0. The van der Waals surface area contributed by atoms with Crippen LogP contribution in [0.2, 0.25) is 0 Å². The van der Waals surface area contributed by atoms with Gasteiger partial charge in [-0.25, -0.2) is 0 Å². The lowest BCUT2D eigenvalue weighted by atomic mass is 10.1. The molecule has 1 heteroatoms. The van der Waals surface area contributed by atoms with E-state index in [0.717, 1.165) is 19.1 Å². The van der Waals surface area contributed by atoms with Crippen LogP contribution in [-0.4, -0.2) is 13.2 Å². The minimum atomic E-state index is 0. The molecule has 0 rings (SSSR count). The van der Waals surface area contributed by atoms with Crippen LogP contribution in [0.3, 0.4) is 0 Å². The molecular weight excluding hydrogens is 136 g/mol. The highest BCUT2D eigenvalue weighted by atomic mass is 16.5. The van der Waals surface area contributed by atoms with Gasteiger partial charge < -0.3 is 4.74 Å². The van der Waals surface area contributed by atoms with Gasteiger partial charge in [-0.2, -0.15) is 0 Å². The molecular formula is C10H28O. The summed E-state index contributed by atoms with van der Waals surface area (Å²) in [5.74, 6) is 0.731. The molecule has 0 aliphatic carbocycles. The number of hydrogen-bond acceptors (Lipinski definition) is 1. The second-order valence-electron chi connectivity index (χ2n) is 2.17. The summed E-state index contributed by atoms with van der Waals surface area (Å²) in [6, 6.07) is 0. The van der Waals surface area contributed by atoms with Crippen molar-refractivity contribution in [3.63, 3.8) is 0 Å². The zero-order valence-electron chi connectivity index (χ0n) is 6.11. The molecule has 0 heterocycles. The molecule has 0 radical (unpaired) electrons. The van der Waals surface area contributed by atoms with E-state index in [2.05, 4.69) is 13.8 Å². The highest BCUT2D eigenvalue weighted by molar-refractivity contribution is 4.44. The molecule has 74 valence electrons. The van der Waals surface area contributed by atoms with Crippen LogP contribution in [0.1, 0.15) is 49.5 Å². The Kier molecular flexibility index (Phi) is 33.7. The first-order valence-electron chi connectivity index (χ1n) is 3.39. The van der Waals surface area contributed by atoms with Crippen LogP contribution >= 0.6 is 0 Å². The van der Waals surface area contributed by atoms with Crippen molar-refractivity contribution < 1.29 is 4.74 Å². The van der Waals surface area contributed by atoms with E-state index in [1.165, 1.54) is 6.42 Å². The van der Waals surface area contributed by atoms with E-state index < -0.39 is 0 Å². The van der Waals surface area contributed by atoms with E-state index in [9.17, 15) is 0 Å². The summed E-state index contributed by atoms with van der Waals surface area (Å²) in [4.78, 5) is 0. The molecule has 0 aliphatic heterocycles. The maximum Gasteiger partial charge on any atom is 0.0491 e. The molecule has 0 N–H and O–H groups in total. The van der Waals surface area contributed by atoms with Gasteiger partial charge in [0.05, 0.1) is 0 Å². The number of rotatable bonds is 4. The third-order valence-electron chi connectivity index (χ3n) is 1.30. The lowest BCUT2D eigenvalue weighted by Gasteiger charge is -2.05. The molecule has 0 amide bonds. The molecule has 0 aliphatic rings. The van der Waals surface area contributed by atoms with Crippen LogP contribution in [0.15, 0.2) is 0 Å². The van der Waals surface area contributed by atoms with Crippen molar-refractivity contribution in [3.8, 4) is 0 Å². The zero-order chi connectivity index (χ0) is 6.41. The van der Waals surface area contributed by atoms with Crippen LogP contribution in [-0.2, 0) is 4.74 Å². The van der Waals surface area contributed by atoms with Gasteiger partial charge in [0.2, 0.25) is 0 Å². The first-order valence-corrected chi connectivity index (χ1v) is 3.39. The largest absolute Gasteiger partial charge is 0.381 e. The molecule has 1 nitrogen and oxygen atoms in total. The summed E-state index contributed by atoms with van der Waals surface area (Å²) in [5.41, 5.74) is 0. The Labute approximate surface area is 74.2 Å². The number of ether oxygens (including phenoxy) is 1. The summed E-state index contributed by atoms with van der Waals surface area (Å²) < 4.78 is 5.19. The summed E-state index contributed by atoms with van der Waals surface area (Å²) in [6.07, 6.45) is 1.22. The lowest BCUT2D eigenvalue weighted by molar-refractivity contribution is 0.115. The fraction of sp³-hybridized carbons (Fsp3) is 1.00. The van der Waals surface area contributed by atoms with Gasteiger partial charge in [-0.05, 0) is 12.8 Å². The Morgan fingerprint density at radius 3 is 1.82 bits per heavy atom. The summed E-state index contributed by atoms with van der Waals surface area (Å²) >= 11 is 0. The number of hydrogen-bond donors (Lipinski definition) is 0. The minimum Gasteiger partial charge on any atom is -0.381 e. The Hall–Kier alpha value is -0.0400. The van der Waals surface area contributed by atoms with E-state index in [0.29, 0.717) is 0 Å². The summed E-state index contributed by atoms with van der Waals surface area (Å²) in [6.45, 7) is 8.19. The molecule has 0 saturated heterocycles. The average molecular weight is 164 g/mol. The van der Waals surface area contributed by atoms with Gasteiger partial charge in [0.1, 0.15) is 0 Å². The van der Waals surface area contributed by atoms with Crippen LogP contribution in [0.4, 0.5) is 0 Å². The maximum atomic E-state index is 5.19. The standard InChI is InChI=1S/C7H16O.3CH4/c1-4-7(3)6-8-5-2;;;/h7H,4-6H2,1-3H3;3*1H4. The Morgan fingerprint density at radius 2 is 1.55 bits per heavy atom. The molecule has 1 atom stereocenters. The van der Waals surface area contributed by atoms with E-state index in [4.69, 9.17) is 4.74 Å². The highest BCUT2D eigenvalue weighted by Gasteiger charge is 1.94. The monoisotopic (exact) mass is 164 g/mol. The van der Waals surface area contributed by atoms with Crippen LogP contribution in [0.5, 0.6) is 0 Å². The van der Waals surface area contributed by atoms with Crippen molar-refractivity contribution in [1.82, 2.24) is 0 Å². The van der Waals surface area contributed by atoms with Gasteiger partial charge in [0, 0.05) is 13.2 Å². The van der Waals surface area contributed by atoms with Gasteiger partial charge in [-0.1, -0.05) is 42.5 Å². The quantitative estimate of drug-likeness (QED) is 0.610. The third-order valence-corrected chi connectivity index (χ3v) is 1.30. The molecule has 0 aromatic rings. The maximum absolute atomic E-state index is 5.19. The van der Waals surface area contributed by atoms with Gasteiger partial charge >= 0.3 is 0 Å². The normalized spacial score (nSPS) is 10.1. The van der Waals surface area contributed by atoms with E-state index in [-0.39, 0.29) is 22.3 Å². The fourth-order valence-corrected chi connectivity index (χ4v) is 0.437. The van der Waals surface area contributed by atoms with Crippen molar-refractivity contribution in [1.29, 1.82) is 0 Å². The predicted molar refractivity (Wildman–Crippen MR) is 56.1 cm³/mol. The molecule has 0 spiro atoms. The van der Waals surface area contributed by atoms with Gasteiger partial charge in [-0.15, -0.1) is 0 Å². The van der Waals surface area contributed by atoms with E-state index >= 15 is 0 Å². The fourth-order valence-electron chi connectivity index (χ4n) is 0.437. The topological polar surface area (TPSA) is 9.23 Å². The smallest absolute Gasteiger partial charge is 0.0491 e. The zero-order valence-corrected chi connectivity index (χ0v) is 6.11. The molecule has 1 unspecified atom stereocenters. The van der Waals surface area contributed by atoms with Gasteiger partial charge in [-0.3, -0.25) is 0 Å². The SMILES string of the molecule is C.C.C.CCOCC(C)CC. The highest BCUT2D eigenvalue weighted by Crippen LogP contribution is 1.99. The van der Waals surface area contributed by atoms with Crippen molar-refractivity contribution in [2.75, 3.05) is 13.2 Å². The first kappa shape index (κ1) is 22.4. The van der Waals surface area contributed by atoms with Crippen molar-refractivity contribution in [2.45, 2.75) is 49.5 Å². The third kappa shape index (κ3) is 17.8. The van der Waals surface area contributed by atoms with Crippen molar-refractivity contribution >= 4 is 0 Å². The van der Waals surface area contributed by atoms with Crippen LogP contribution in [0.25, 0.3) is 0 Å². The van der Waals surface area contributed by atoms with Gasteiger partial charge in [0.15, 0.2) is 0 Å². The molecule has 0 saturated carbocycles. The predicted octanol–water partition coefficient (Wildman–Crippen LogP) is 3.98. The van der Waals surface area contributed by atoms with Crippen molar-refractivity contribution in [3.05, 3.63) is 0 Å². The van der Waals surface area contributed by atoms with Gasteiger partial charge in [0.25, 0.3) is 0 Å². The Balaban J connectivity index is -0.0000000817. The van der Waals surface area contributed by atoms with Crippen LogP contribution < -0.4 is 0 Å². The Morgan fingerprint density at radius 1 is 1.09 bits per heavy atom. The second-order valence-corrected chi connectivity index (χ2v) is 2.17. The summed E-state index contributed by atoms with van der Waals surface area (Å²) in [5, 5.41) is 0. The van der Waals surface area contributed by atoms with E-state index in [1.807, 2.05) is 6.92 Å². The van der Waals surface area contributed by atoms with Crippen molar-refractivity contribution in [2.24, 2.45) is 5.92 Å². The minimum absolute atomic E-state index is 0.